The smallest absolute Gasteiger partial charge is 0.323 e. The average Bonchev–Trinajstić information content (AvgIpc) is 2.26. The van der Waals surface area contributed by atoms with Gasteiger partial charge in [0, 0.05) is 13.6 Å². The number of carboxylic acid groups (broad SMARTS) is 1. The molecule has 1 aromatic carbocycles. The molecule has 0 radical (unpaired) electrons. The summed E-state index contributed by atoms with van der Waals surface area (Å²) in [6, 6.07) is 5.41. The van der Waals surface area contributed by atoms with Gasteiger partial charge in [-0.15, -0.1) is 0 Å². The molecule has 0 fully saturated rings. The summed E-state index contributed by atoms with van der Waals surface area (Å²) in [5.74, 6) is -1.31. The number of carbonyl (C=O) groups excluding carboxylic acids is 1. The van der Waals surface area contributed by atoms with Gasteiger partial charge in [0.25, 0.3) is 5.91 Å². The first-order valence-corrected chi connectivity index (χ1v) is 7.49. The Balaban J connectivity index is 3.19. The molecule has 0 bridgehead atoms. The highest BCUT2D eigenvalue weighted by atomic mass is 127. The van der Waals surface area contributed by atoms with Gasteiger partial charge in [-0.05, 0) is 77.5 Å². The van der Waals surface area contributed by atoms with Gasteiger partial charge < -0.3 is 10.0 Å². The zero-order chi connectivity index (χ0) is 14.8. The molecule has 0 unspecified atom stereocenters. The third-order valence-corrected chi connectivity index (χ3v) is 3.87. The van der Waals surface area contributed by atoms with Crippen molar-refractivity contribution in [1.29, 1.82) is 0 Å². The molecule has 1 rings (SSSR count). The van der Waals surface area contributed by atoms with Crippen LogP contribution in [0.15, 0.2) is 22.7 Å². The lowest BCUT2D eigenvalue weighted by Gasteiger charge is -2.34. The molecule has 0 aliphatic rings. The third-order valence-electron chi connectivity index (χ3n) is 2.51. The summed E-state index contributed by atoms with van der Waals surface area (Å²) in [5, 5.41) is 8.96. The minimum Gasteiger partial charge on any atom is -0.480 e. The molecule has 104 valence electrons. The van der Waals surface area contributed by atoms with Gasteiger partial charge in [-0.25, -0.2) is 0 Å². The number of rotatable bonds is 3. The molecule has 0 heterocycles. The van der Waals surface area contributed by atoms with Crippen LogP contribution in [0.25, 0.3) is 0 Å². The van der Waals surface area contributed by atoms with Gasteiger partial charge >= 0.3 is 5.97 Å². The number of aliphatic carboxylic acids is 1. The van der Waals surface area contributed by atoms with E-state index >= 15 is 0 Å². The molecule has 0 spiro atoms. The lowest BCUT2D eigenvalue weighted by atomic mass is 10.0. The molecule has 1 N–H and O–H groups in total. The highest BCUT2D eigenvalue weighted by molar-refractivity contribution is 14.1. The summed E-state index contributed by atoms with van der Waals surface area (Å²) in [6.45, 7) is 5.13. The van der Waals surface area contributed by atoms with E-state index in [0.717, 1.165) is 3.57 Å². The minimum atomic E-state index is -1.02. The van der Waals surface area contributed by atoms with Crippen molar-refractivity contribution in [3.8, 4) is 0 Å². The van der Waals surface area contributed by atoms with Crippen LogP contribution in [0.4, 0.5) is 0 Å². The van der Waals surface area contributed by atoms with Crippen LogP contribution in [0, 0.1) is 3.57 Å². The van der Waals surface area contributed by atoms with Gasteiger partial charge in [0.2, 0.25) is 0 Å². The number of carbonyl (C=O) groups is 2. The van der Waals surface area contributed by atoms with Gasteiger partial charge in [-0.3, -0.25) is 9.59 Å². The van der Waals surface area contributed by atoms with E-state index in [9.17, 15) is 9.59 Å². The zero-order valence-corrected chi connectivity index (χ0v) is 14.6. The Hall–Kier alpha value is -0.630. The number of halogens is 2. The Bertz CT molecular complexity index is 511. The number of nitrogens with zero attached hydrogens (tertiary/aromatic N) is 1. The topological polar surface area (TPSA) is 57.6 Å². The molecule has 0 atom stereocenters. The Kier molecular flexibility index (Phi) is 5.37. The van der Waals surface area contributed by atoms with Crippen molar-refractivity contribution in [2.24, 2.45) is 0 Å². The van der Waals surface area contributed by atoms with Crippen LogP contribution in [0.1, 0.15) is 31.1 Å². The number of hydrogen-bond donors (Lipinski definition) is 1. The van der Waals surface area contributed by atoms with E-state index < -0.39 is 11.5 Å². The standard InChI is InChI=1S/C13H15BrINO3/c1-13(2,3)16(7-11(17)18)12(19)9-6-8(15)4-5-10(9)14/h4-6H,7H2,1-3H3,(H,17,18). The fraction of sp³-hybridized carbons (Fsp3) is 0.385. The Morgan fingerprint density at radius 2 is 1.95 bits per heavy atom. The van der Waals surface area contributed by atoms with Crippen LogP contribution < -0.4 is 0 Å². The maximum atomic E-state index is 12.5. The van der Waals surface area contributed by atoms with Gasteiger partial charge in [-0.1, -0.05) is 0 Å². The normalized spacial score (nSPS) is 11.2. The fourth-order valence-corrected chi connectivity index (χ4v) is 2.46. The summed E-state index contributed by atoms with van der Waals surface area (Å²) in [7, 11) is 0. The second-order valence-electron chi connectivity index (χ2n) is 5.08. The number of amides is 1. The van der Waals surface area contributed by atoms with Crippen LogP contribution in [0.5, 0.6) is 0 Å². The van der Waals surface area contributed by atoms with E-state index in [2.05, 4.69) is 38.5 Å². The molecule has 4 nitrogen and oxygen atoms in total. The number of benzene rings is 1. The quantitative estimate of drug-likeness (QED) is 0.734. The van der Waals surface area contributed by atoms with Gasteiger partial charge in [0.05, 0.1) is 5.56 Å². The van der Waals surface area contributed by atoms with Crippen molar-refractivity contribution in [3.05, 3.63) is 31.8 Å². The van der Waals surface area contributed by atoms with Gasteiger partial charge in [0.1, 0.15) is 6.54 Å². The van der Waals surface area contributed by atoms with Crippen molar-refractivity contribution in [2.45, 2.75) is 26.3 Å². The van der Waals surface area contributed by atoms with Crippen LogP contribution in [0.3, 0.4) is 0 Å². The molecular formula is C13H15BrINO3. The van der Waals surface area contributed by atoms with Gasteiger partial charge in [0.15, 0.2) is 0 Å². The first-order valence-electron chi connectivity index (χ1n) is 5.61. The van der Waals surface area contributed by atoms with Crippen molar-refractivity contribution >= 4 is 50.4 Å². The molecule has 1 amide bonds. The molecule has 1 aromatic rings. The molecule has 0 aliphatic heterocycles. The third kappa shape index (κ3) is 4.45. The maximum absolute atomic E-state index is 12.5. The monoisotopic (exact) mass is 439 g/mol. The largest absolute Gasteiger partial charge is 0.480 e. The lowest BCUT2D eigenvalue weighted by Crippen LogP contribution is -2.48. The van der Waals surface area contributed by atoms with Crippen molar-refractivity contribution in [2.75, 3.05) is 6.54 Å². The summed E-state index contributed by atoms with van der Waals surface area (Å²) in [6.07, 6.45) is 0. The predicted octanol–water partition coefficient (Wildman–Crippen LogP) is 3.38. The zero-order valence-electron chi connectivity index (χ0n) is 10.9. The van der Waals surface area contributed by atoms with Crippen molar-refractivity contribution in [1.82, 2.24) is 4.90 Å². The molecule has 6 heteroatoms. The summed E-state index contributed by atoms with van der Waals surface area (Å²) < 4.78 is 1.59. The minimum absolute atomic E-state index is 0.291. The lowest BCUT2D eigenvalue weighted by molar-refractivity contribution is -0.138. The van der Waals surface area contributed by atoms with Crippen LogP contribution >= 0.6 is 38.5 Å². The number of carboxylic acids is 1. The SMILES string of the molecule is CC(C)(C)N(CC(=O)O)C(=O)c1cc(I)ccc1Br. The second kappa shape index (κ2) is 6.21. The Morgan fingerprint density at radius 3 is 2.42 bits per heavy atom. The molecule has 19 heavy (non-hydrogen) atoms. The molecular weight excluding hydrogens is 425 g/mol. The fourth-order valence-electron chi connectivity index (χ4n) is 1.56. The van der Waals surface area contributed by atoms with Gasteiger partial charge in [-0.2, -0.15) is 0 Å². The van der Waals surface area contributed by atoms with E-state index in [0.29, 0.717) is 10.0 Å². The molecule has 0 saturated heterocycles. The van der Waals surface area contributed by atoms with E-state index in [1.54, 1.807) is 12.1 Å². The van der Waals surface area contributed by atoms with Crippen LogP contribution in [-0.2, 0) is 4.79 Å². The number of hydrogen-bond acceptors (Lipinski definition) is 2. The predicted molar refractivity (Wildman–Crippen MR) is 85.3 cm³/mol. The summed E-state index contributed by atoms with van der Waals surface area (Å²) >= 11 is 5.45. The second-order valence-corrected chi connectivity index (χ2v) is 7.18. The average molecular weight is 440 g/mol. The molecule has 0 aliphatic carbocycles. The Morgan fingerprint density at radius 1 is 1.37 bits per heavy atom. The highest BCUT2D eigenvalue weighted by Gasteiger charge is 2.30. The van der Waals surface area contributed by atoms with Crippen LogP contribution in [-0.4, -0.2) is 34.0 Å². The van der Waals surface area contributed by atoms with E-state index in [1.807, 2.05) is 26.8 Å². The maximum Gasteiger partial charge on any atom is 0.323 e. The first-order chi connectivity index (χ1) is 8.62. The van der Waals surface area contributed by atoms with E-state index in [1.165, 1.54) is 4.90 Å². The van der Waals surface area contributed by atoms with Crippen molar-refractivity contribution < 1.29 is 14.7 Å². The van der Waals surface area contributed by atoms with Crippen molar-refractivity contribution in [3.63, 3.8) is 0 Å². The molecule has 0 saturated carbocycles. The first kappa shape index (κ1) is 16.4. The van der Waals surface area contributed by atoms with E-state index in [4.69, 9.17) is 5.11 Å². The summed E-state index contributed by atoms with van der Waals surface area (Å²) in [5.41, 5.74) is -0.0843. The van der Waals surface area contributed by atoms with Crippen LogP contribution in [0.2, 0.25) is 0 Å². The summed E-state index contributed by atoms with van der Waals surface area (Å²) in [4.78, 5) is 24.8. The Labute approximate surface area is 134 Å². The van der Waals surface area contributed by atoms with E-state index in [-0.39, 0.29) is 12.5 Å². The highest BCUT2D eigenvalue weighted by Crippen LogP contribution is 2.24. The molecule has 0 aromatic heterocycles.